The lowest BCUT2D eigenvalue weighted by Gasteiger charge is -2.17. The van der Waals surface area contributed by atoms with Gasteiger partial charge < -0.3 is 24.8 Å². The molecule has 0 bridgehead atoms. The van der Waals surface area contributed by atoms with Gasteiger partial charge in [0.2, 0.25) is 0 Å². The van der Waals surface area contributed by atoms with Crippen LogP contribution in [0.2, 0.25) is 0 Å². The lowest BCUT2D eigenvalue weighted by atomic mass is 10.6. The van der Waals surface area contributed by atoms with Crippen LogP contribution in [0.3, 0.4) is 0 Å². The topological polar surface area (TPSA) is 68.8 Å². The third-order valence-electron chi connectivity index (χ3n) is 1.51. The van der Waals surface area contributed by atoms with Crippen LogP contribution in [0.5, 0.6) is 0 Å². The number of hydrogen-bond donors (Lipinski definition) is 2. The predicted octanol–water partition coefficient (Wildman–Crippen LogP) is 0.289. The van der Waals surface area contributed by atoms with Crippen molar-refractivity contribution >= 4 is 6.03 Å². The Kier molecular flexibility index (Phi) is 9.15. The van der Waals surface area contributed by atoms with E-state index in [1.807, 2.05) is 13.8 Å². The second kappa shape index (κ2) is 9.70. The van der Waals surface area contributed by atoms with E-state index in [0.717, 1.165) is 0 Å². The van der Waals surface area contributed by atoms with Crippen LogP contribution in [0, 0.1) is 0 Å². The van der Waals surface area contributed by atoms with Crippen molar-refractivity contribution in [3.8, 4) is 0 Å². The van der Waals surface area contributed by atoms with Crippen molar-refractivity contribution in [2.75, 3.05) is 33.6 Å². The molecular formula is C9H20N2O4. The summed E-state index contributed by atoms with van der Waals surface area (Å²) < 4.78 is 15.2. The van der Waals surface area contributed by atoms with E-state index in [1.165, 1.54) is 7.11 Å². The van der Waals surface area contributed by atoms with Gasteiger partial charge in [0.05, 0.1) is 6.54 Å². The molecule has 0 aromatic rings. The van der Waals surface area contributed by atoms with Crippen LogP contribution in [0.4, 0.5) is 4.79 Å². The number of ether oxygens (including phenoxy) is 3. The SMILES string of the molecule is CCOC(CNC(=O)NCOC)OCC. The van der Waals surface area contributed by atoms with Crippen molar-refractivity contribution in [3.63, 3.8) is 0 Å². The van der Waals surface area contributed by atoms with Crippen LogP contribution >= 0.6 is 0 Å². The Balaban J connectivity index is 3.62. The Morgan fingerprint density at radius 1 is 1.20 bits per heavy atom. The van der Waals surface area contributed by atoms with Crippen LogP contribution in [-0.2, 0) is 14.2 Å². The molecule has 90 valence electrons. The summed E-state index contributed by atoms with van der Waals surface area (Å²) in [6, 6.07) is -0.304. The first-order valence-electron chi connectivity index (χ1n) is 4.98. The van der Waals surface area contributed by atoms with E-state index >= 15 is 0 Å². The maximum atomic E-state index is 11.1. The summed E-state index contributed by atoms with van der Waals surface area (Å²) in [6.07, 6.45) is -0.395. The van der Waals surface area contributed by atoms with Crippen LogP contribution in [0.15, 0.2) is 0 Å². The van der Waals surface area contributed by atoms with Crippen molar-refractivity contribution < 1.29 is 19.0 Å². The van der Waals surface area contributed by atoms with Gasteiger partial charge in [-0.2, -0.15) is 0 Å². The van der Waals surface area contributed by atoms with E-state index in [0.29, 0.717) is 19.8 Å². The van der Waals surface area contributed by atoms with Gasteiger partial charge >= 0.3 is 6.03 Å². The molecule has 0 aromatic heterocycles. The number of rotatable bonds is 8. The largest absolute Gasteiger partial charge is 0.364 e. The maximum Gasteiger partial charge on any atom is 0.316 e. The highest BCUT2D eigenvalue weighted by Gasteiger charge is 2.09. The van der Waals surface area contributed by atoms with Gasteiger partial charge in [0.1, 0.15) is 6.73 Å². The molecule has 2 amide bonds. The molecule has 0 unspecified atom stereocenters. The van der Waals surface area contributed by atoms with Crippen molar-refractivity contribution in [2.45, 2.75) is 20.1 Å². The van der Waals surface area contributed by atoms with Gasteiger partial charge in [0, 0.05) is 20.3 Å². The van der Waals surface area contributed by atoms with Crippen LogP contribution in [0.25, 0.3) is 0 Å². The number of hydrogen-bond acceptors (Lipinski definition) is 4. The van der Waals surface area contributed by atoms with E-state index in [4.69, 9.17) is 9.47 Å². The van der Waals surface area contributed by atoms with E-state index in [2.05, 4.69) is 15.4 Å². The minimum absolute atomic E-state index is 0.180. The molecule has 6 heteroatoms. The second-order valence-electron chi connectivity index (χ2n) is 2.66. The number of carbonyl (C=O) groups is 1. The third kappa shape index (κ3) is 8.17. The zero-order valence-electron chi connectivity index (χ0n) is 9.54. The Morgan fingerprint density at radius 3 is 2.27 bits per heavy atom. The molecule has 0 aliphatic carbocycles. The zero-order valence-corrected chi connectivity index (χ0v) is 9.54. The molecule has 0 rings (SSSR count). The molecule has 6 nitrogen and oxygen atoms in total. The standard InChI is InChI=1S/C9H20N2O4/c1-4-14-8(15-5-2)6-10-9(12)11-7-13-3/h8H,4-7H2,1-3H3,(H2,10,11,12). The Labute approximate surface area is 90.3 Å². The monoisotopic (exact) mass is 220 g/mol. The lowest BCUT2D eigenvalue weighted by Crippen LogP contribution is -2.41. The number of carbonyl (C=O) groups excluding carboxylic acids is 1. The Bertz CT molecular complexity index is 160. The van der Waals surface area contributed by atoms with Gasteiger partial charge in [-0.3, -0.25) is 0 Å². The average Bonchev–Trinajstić information content (AvgIpc) is 2.23. The van der Waals surface area contributed by atoms with Crippen LogP contribution < -0.4 is 10.6 Å². The van der Waals surface area contributed by atoms with Crippen molar-refractivity contribution in [3.05, 3.63) is 0 Å². The van der Waals surface area contributed by atoms with E-state index in [-0.39, 0.29) is 12.8 Å². The minimum atomic E-state index is -0.395. The van der Waals surface area contributed by atoms with Gasteiger partial charge in [0.25, 0.3) is 0 Å². The number of urea groups is 1. The fourth-order valence-electron chi connectivity index (χ4n) is 0.914. The summed E-state index contributed by atoms with van der Waals surface area (Å²) in [7, 11) is 1.50. The fourth-order valence-corrected chi connectivity index (χ4v) is 0.914. The Hall–Kier alpha value is -0.850. The van der Waals surface area contributed by atoms with Gasteiger partial charge in [-0.25, -0.2) is 4.79 Å². The highest BCUT2D eigenvalue weighted by atomic mass is 16.7. The van der Waals surface area contributed by atoms with Gasteiger partial charge in [-0.15, -0.1) is 0 Å². The van der Waals surface area contributed by atoms with Crippen LogP contribution in [-0.4, -0.2) is 45.9 Å². The summed E-state index contributed by atoms with van der Waals surface area (Å²) in [6.45, 7) is 5.34. The molecule has 0 aromatic carbocycles. The quantitative estimate of drug-likeness (QED) is 0.577. The summed E-state index contributed by atoms with van der Waals surface area (Å²) >= 11 is 0. The predicted molar refractivity (Wildman–Crippen MR) is 55.5 cm³/mol. The fraction of sp³-hybridized carbons (Fsp3) is 0.889. The van der Waals surface area contributed by atoms with E-state index in [9.17, 15) is 4.79 Å². The highest BCUT2D eigenvalue weighted by Crippen LogP contribution is 1.92. The summed E-state index contributed by atoms with van der Waals surface area (Å²) in [5, 5.41) is 5.10. The molecule has 2 N–H and O–H groups in total. The van der Waals surface area contributed by atoms with Gasteiger partial charge in [0.15, 0.2) is 6.29 Å². The van der Waals surface area contributed by atoms with E-state index < -0.39 is 6.29 Å². The molecule has 0 spiro atoms. The molecule has 0 saturated heterocycles. The number of methoxy groups -OCH3 is 1. The second-order valence-corrected chi connectivity index (χ2v) is 2.66. The molecule has 15 heavy (non-hydrogen) atoms. The molecular weight excluding hydrogens is 200 g/mol. The molecule has 0 atom stereocenters. The molecule has 0 saturated carbocycles. The number of nitrogens with one attached hydrogen (secondary N) is 2. The average molecular weight is 220 g/mol. The van der Waals surface area contributed by atoms with Gasteiger partial charge in [-0.05, 0) is 13.8 Å². The summed E-state index contributed by atoms with van der Waals surface area (Å²) in [5.74, 6) is 0. The molecule has 0 aliphatic heterocycles. The van der Waals surface area contributed by atoms with E-state index in [1.54, 1.807) is 0 Å². The first-order valence-corrected chi connectivity index (χ1v) is 4.98. The maximum absolute atomic E-state index is 11.1. The van der Waals surface area contributed by atoms with Crippen LogP contribution in [0.1, 0.15) is 13.8 Å². The van der Waals surface area contributed by atoms with Crippen molar-refractivity contribution in [2.24, 2.45) is 0 Å². The zero-order chi connectivity index (χ0) is 11.5. The third-order valence-corrected chi connectivity index (χ3v) is 1.51. The minimum Gasteiger partial charge on any atom is -0.364 e. The lowest BCUT2D eigenvalue weighted by molar-refractivity contribution is -0.131. The normalized spacial score (nSPS) is 10.4. The first-order chi connectivity index (χ1) is 7.24. The number of amides is 2. The summed E-state index contributed by atoms with van der Waals surface area (Å²) in [4.78, 5) is 11.1. The molecule has 0 radical (unpaired) electrons. The van der Waals surface area contributed by atoms with Crippen molar-refractivity contribution in [1.29, 1.82) is 0 Å². The summed E-state index contributed by atoms with van der Waals surface area (Å²) in [5.41, 5.74) is 0. The highest BCUT2D eigenvalue weighted by molar-refractivity contribution is 5.73. The van der Waals surface area contributed by atoms with Crippen molar-refractivity contribution in [1.82, 2.24) is 10.6 Å². The molecule has 0 heterocycles. The Morgan fingerprint density at radius 2 is 1.80 bits per heavy atom. The first kappa shape index (κ1) is 14.2. The molecule has 0 fully saturated rings. The van der Waals surface area contributed by atoms with Gasteiger partial charge in [-0.1, -0.05) is 0 Å². The smallest absolute Gasteiger partial charge is 0.316 e. The molecule has 0 aliphatic rings.